The maximum absolute atomic E-state index is 5.65. The molecule has 1 atom stereocenters. The topological polar surface area (TPSA) is 9.23 Å². The van der Waals surface area contributed by atoms with Crippen LogP contribution in [0.5, 0.6) is 5.75 Å². The van der Waals surface area contributed by atoms with E-state index in [1.54, 1.807) is 0 Å². The Hall–Kier alpha value is -1.29. The number of rotatable bonds is 2. The van der Waals surface area contributed by atoms with Crippen molar-refractivity contribution in [3.63, 3.8) is 0 Å². The Morgan fingerprint density at radius 2 is 1.65 bits per heavy atom. The van der Waals surface area contributed by atoms with Crippen molar-refractivity contribution in [1.82, 2.24) is 0 Å². The number of hydrogen-bond acceptors (Lipinski definition) is 1. The SMILES string of the molecule is [Li+].c1ccc([CH-]C2COc3ccccc32)cc1. The second-order valence-electron chi connectivity index (χ2n) is 4.03. The zero-order valence-corrected chi connectivity index (χ0v) is 9.97. The molecule has 80 valence electrons. The predicted molar refractivity (Wildman–Crippen MR) is 64.5 cm³/mol. The van der Waals surface area contributed by atoms with Crippen LogP contribution in [0.25, 0.3) is 0 Å². The van der Waals surface area contributed by atoms with E-state index in [0.29, 0.717) is 5.92 Å². The van der Waals surface area contributed by atoms with Crippen LogP contribution in [0.15, 0.2) is 54.6 Å². The van der Waals surface area contributed by atoms with Crippen LogP contribution >= 0.6 is 0 Å². The minimum atomic E-state index is 0. The maximum Gasteiger partial charge on any atom is 1.00 e. The van der Waals surface area contributed by atoms with Gasteiger partial charge in [0.15, 0.2) is 0 Å². The molecule has 0 amide bonds. The number of ether oxygens (including phenoxy) is 1. The van der Waals surface area contributed by atoms with E-state index < -0.39 is 0 Å². The van der Waals surface area contributed by atoms with Crippen LogP contribution < -0.4 is 23.6 Å². The van der Waals surface area contributed by atoms with Crippen molar-refractivity contribution >= 4 is 0 Å². The second-order valence-corrected chi connectivity index (χ2v) is 4.03. The Balaban J connectivity index is 0.00000108. The molecular formula is C15H13LiO. The first-order valence-electron chi connectivity index (χ1n) is 5.55. The first-order chi connectivity index (χ1) is 7.93. The molecule has 2 aromatic rings. The summed E-state index contributed by atoms with van der Waals surface area (Å²) in [5.41, 5.74) is 2.55. The van der Waals surface area contributed by atoms with Crippen LogP contribution in [0, 0.1) is 6.42 Å². The van der Waals surface area contributed by atoms with Gasteiger partial charge in [0.2, 0.25) is 0 Å². The molecule has 0 aliphatic carbocycles. The first-order valence-corrected chi connectivity index (χ1v) is 5.55. The standard InChI is InChI=1S/C15H13O.Li/c1-2-6-12(7-3-1)10-13-11-16-15-9-5-4-8-14(13)15;/h1-10,13H,11H2;/q-1;+1. The van der Waals surface area contributed by atoms with E-state index in [1.165, 1.54) is 11.1 Å². The summed E-state index contributed by atoms with van der Waals surface area (Å²) < 4.78 is 5.65. The van der Waals surface area contributed by atoms with Crippen LogP contribution in [-0.4, -0.2) is 6.61 Å². The van der Waals surface area contributed by atoms with Crippen molar-refractivity contribution in [2.24, 2.45) is 0 Å². The van der Waals surface area contributed by atoms with Gasteiger partial charge >= 0.3 is 18.9 Å². The van der Waals surface area contributed by atoms with Gasteiger partial charge in [-0.2, -0.15) is 24.1 Å². The summed E-state index contributed by atoms with van der Waals surface area (Å²) in [5, 5.41) is 0. The van der Waals surface area contributed by atoms with Gasteiger partial charge in [-0.3, -0.25) is 0 Å². The smallest absolute Gasteiger partial charge is 0.493 e. The van der Waals surface area contributed by atoms with Crippen molar-refractivity contribution in [2.75, 3.05) is 6.61 Å². The molecule has 0 fully saturated rings. The molecule has 17 heavy (non-hydrogen) atoms. The van der Waals surface area contributed by atoms with Crippen molar-refractivity contribution in [2.45, 2.75) is 5.92 Å². The molecule has 0 saturated carbocycles. The molecule has 2 aromatic carbocycles. The third kappa shape index (κ3) is 2.52. The first kappa shape index (κ1) is 12.2. The zero-order chi connectivity index (χ0) is 10.8. The normalized spacial score (nSPS) is 16.6. The monoisotopic (exact) mass is 216 g/mol. The largest absolute Gasteiger partial charge is 1.00 e. The third-order valence-electron chi connectivity index (χ3n) is 2.93. The number of fused-ring (bicyclic) bond motifs is 1. The Morgan fingerprint density at radius 3 is 2.47 bits per heavy atom. The number of hydrogen-bond donors (Lipinski definition) is 0. The van der Waals surface area contributed by atoms with Crippen LogP contribution in [0.2, 0.25) is 0 Å². The molecule has 0 N–H and O–H groups in total. The van der Waals surface area contributed by atoms with Crippen LogP contribution in [0.4, 0.5) is 0 Å². The molecule has 2 heteroatoms. The summed E-state index contributed by atoms with van der Waals surface area (Å²) in [6.07, 6.45) is 2.27. The maximum atomic E-state index is 5.65. The van der Waals surface area contributed by atoms with Gasteiger partial charge in [0.05, 0.1) is 6.61 Å². The molecule has 0 spiro atoms. The van der Waals surface area contributed by atoms with Crippen molar-refractivity contribution in [1.29, 1.82) is 0 Å². The fourth-order valence-corrected chi connectivity index (χ4v) is 2.12. The Labute approximate surface area is 114 Å². The molecule has 3 rings (SSSR count). The molecule has 1 unspecified atom stereocenters. The van der Waals surface area contributed by atoms with Gasteiger partial charge in [0.25, 0.3) is 0 Å². The summed E-state index contributed by atoms with van der Waals surface area (Å²) in [5.74, 6) is 1.42. The molecular weight excluding hydrogens is 203 g/mol. The van der Waals surface area contributed by atoms with Gasteiger partial charge in [-0.05, 0) is 17.5 Å². The molecule has 1 nitrogen and oxygen atoms in total. The van der Waals surface area contributed by atoms with Gasteiger partial charge in [-0.15, -0.1) is 12.1 Å². The Kier molecular flexibility index (Phi) is 3.84. The van der Waals surface area contributed by atoms with Crippen LogP contribution in [0.3, 0.4) is 0 Å². The fraction of sp³-hybridized carbons (Fsp3) is 0.133. The van der Waals surface area contributed by atoms with Crippen molar-refractivity contribution < 1.29 is 23.6 Å². The van der Waals surface area contributed by atoms with E-state index >= 15 is 0 Å². The average molecular weight is 216 g/mol. The molecule has 0 saturated heterocycles. The quantitative estimate of drug-likeness (QED) is 0.522. The van der Waals surface area contributed by atoms with E-state index in [9.17, 15) is 0 Å². The number of benzene rings is 2. The summed E-state index contributed by atoms with van der Waals surface area (Å²) in [4.78, 5) is 0. The number of para-hydroxylation sites is 1. The molecule has 1 aliphatic rings. The van der Waals surface area contributed by atoms with Gasteiger partial charge in [-0.1, -0.05) is 24.3 Å². The van der Waals surface area contributed by atoms with Crippen molar-refractivity contribution in [3.8, 4) is 5.75 Å². The molecule has 1 heterocycles. The molecule has 0 bridgehead atoms. The van der Waals surface area contributed by atoms with Gasteiger partial charge in [-0.25, -0.2) is 0 Å². The van der Waals surface area contributed by atoms with E-state index in [-0.39, 0.29) is 18.9 Å². The van der Waals surface area contributed by atoms with E-state index in [2.05, 4.69) is 42.8 Å². The Bertz CT molecular complexity index is 481. The summed E-state index contributed by atoms with van der Waals surface area (Å²) >= 11 is 0. The second kappa shape index (κ2) is 5.36. The zero-order valence-electron chi connectivity index (χ0n) is 9.97. The fourth-order valence-electron chi connectivity index (χ4n) is 2.12. The molecule has 0 aromatic heterocycles. The average Bonchev–Trinajstić information content (AvgIpc) is 2.74. The van der Waals surface area contributed by atoms with Crippen LogP contribution in [-0.2, 0) is 0 Å². The van der Waals surface area contributed by atoms with Crippen molar-refractivity contribution in [3.05, 3.63) is 72.1 Å². The van der Waals surface area contributed by atoms with Gasteiger partial charge in [0.1, 0.15) is 5.75 Å². The predicted octanol–water partition coefficient (Wildman–Crippen LogP) is 0.419. The minimum Gasteiger partial charge on any atom is -0.493 e. The van der Waals surface area contributed by atoms with E-state index in [0.717, 1.165) is 12.4 Å². The summed E-state index contributed by atoms with van der Waals surface area (Å²) in [6, 6.07) is 18.7. The van der Waals surface area contributed by atoms with Gasteiger partial charge < -0.3 is 4.74 Å². The minimum absolute atomic E-state index is 0. The van der Waals surface area contributed by atoms with Crippen LogP contribution in [0.1, 0.15) is 17.0 Å². The van der Waals surface area contributed by atoms with E-state index in [1.807, 2.05) is 18.2 Å². The summed E-state index contributed by atoms with van der Waals surface area (Å²) in [7, 11) is 0. The van der Waals surface area contributed by atoms with E-state index in [4.69, 9.17) is 4.74 Å². The summed E-state index contributed by atoms with van der Waals surface area (Å²) in [6.45, 7) is 0.758. The molecule has 0 radical (unpaired) electrons. The molecule has 1 aliphatic heterocycles. The van der Waals surface area contributed by atoms with Gasteiger partial charge in [0, 0.05) is 0 Å². The Morgan fingerprint density at radius 1 is 0.941 bits per heavy atom. The third-order valence-corrected chi connectivity index (χ3v) is 2.93.